The second-order valence-electron chi connectivity index (χ2n) is 5.45. The van der Waals surface area contributed by atoms with E-state index in [1.165, 1.54) is 12.1 Å². The molecule has 24 heavy (non-hydrogen) atoms. The molecule has 2 aromatic rings. The summed E-state index contributed by atoms with van der Waals surface area (Å²) in [5, 5.41) is 13.2. The molecule has 0 bridgehead atoms. The first-order valence-electron chi connectivity index (χ1n) is 6.88. The molecule has 128 valence electrons. The van der Waals surface area contributed by atoms with Gasteiger partial charge in [-0.3, -0.25) is 4.79 Å². The molecule has 0 aliphatic rings. The number of sulfone groups is 1. The summed E-state index contributed by atoms with van der Waals surface area (Å²) in [5.74, 6) is -2.30. The average molecular weight is 372 g/mol. The highest BCUT2D eigenvalue weighted by molar-refractivity contribution is 7.91. The van der Waals surface area contributed by atoms with Crippen LogP contribution < -0.4 is 5.32 Å². The lowest BCUT2D eigenvalue weighted by atomic mass is 10.1. The van der Waals surface area contributed by atoms with Gasteiger partial charge in [-0.25, -0.2) is 12.8 Å². The first-order chi connectivity index (χ1) is 11.1. The third kappa shape index (κ3) is 4.53. The van der Waals surface area contributed by atoms with Gasteiger partial charge in [0.05, 0.1) is 10.6 Å². The molecule has 0 unspecified atom stereocenters. The van der Waals surface area contributed by atoms with Crippen molar-refractivity contribution in [3.8, 4) is 0 Å². The van der Waals surface area contributed by atoms with Gasteiger partial charge < -0.3 is 10.4 Å². The molecule has 2 N–H and O–H groups in total. The van der Waals surface area contributed by atoms with Gasteiger partial charge >= 0.3 is 0 Å². The lowest BCUT2D eigenvalue weighted by Crippen LogP contribution is -2.45. The second-order valence-corrected chi connectivity index (χ2v) is 7.87. The minimum Gasteiger partial charge on any atom is -0.379 e. The standard InChI is InChI=1S/C16H15ClFNO4S/c1-16(21,15(20)19-13-6-2-11(17)3-7-13)10-24(22,23)14-8-4-12(18)5-9-14/h2-9,21H,10H2,1H3,(H,19,20)/t16-/m1/s1. The molecule has 0 aliphatic carbocycles. The normalized spacial score (nSPS) is 14.0. The van der Waals surface area contributed by atoms with Crippen LogP contribution in [0.15, 0.2) is 53.4 Å². The molecule has 2 rings (SSSR count). The third-order valence-corrected chi connectivity index (χ3v) is 5.42. The van der Waals surface area contributed by atoms with Crippen LogP contribution in [0.2, 0.25) is 5.02 Å². The zero-order valence-corrected chi connectivity index (χ0v) is 14.2. The number of rotatable bonds is 5. The number of benzene rings is 2. The van der Waals surface area contributed by atoms with Crippen molar-refractivity contribution in [3.05, 3.63) is 59.4 Å². The molecule has 5 nitrogen and oxygen atoms in total. The lowest BCUT2D eigenvalue weighted by molar-refractivity contribution is -0.130. The molecule has 0 aromatic heterocycles. The Morgan fingerprint density at radius 2 is 1.71 bits per heavy atom. The molecule has 0 fully saturated rings. The van der Waals surface area contributed by atoms with Gasteiger partial charge in [0.1, 0.15) is 5.82 Å². The molecule has 0 spiro atoms. The van der Waals surface area contributed by atoms with Crippen molar-refractivity contribution in [1.29, 1.82) is 0 Å². The van der Waals surface area contributed by atoms with Crippen molar-refractivity contribution < 1.29 is 22.7 Å². The van der Waals surface area contributed by atoms with Crippen molar-refractivity contribution >= 4 is 33.0 Å². The fraction of sp³-hybridized carbons (Fsp3) is 0.188. The molecular weight excluding hydrogens is 357 g/mol. The monoisotopic (exact) mass is 371 g/mol. The van der Waals surface area contributed by atoms with E-state index in [-0.39, 0.29) is 4.90 Å². The summed E-state index contributed by atoms with van der Waals surface area (Å²) in [7, 11) is -3.98. The summed E-state index contributed by atoms with van der Waals surface area (Å²) in [6.45, 7) is 1.10. The molecule has 0 saturated heterocycles. The Kier molecular flexibility index (Phi) is 5.27. The summed E-state index contributed by atoms with van der Waals surface area (Å²) in [5.41, 5.74) is -1.81. The largest absolute Gasteiger partial charge is 0.379 e. The molecule has 0 aliphatic heterocycles. The molecule has 0 radical (unpaired) electrons. The van der Waals surface area contributed by atoms with Crippen molar-refractivity contribution in [2.45, 2.75) is 17.4 Å². The van der Waals surface area contributed by atoms with E-state index in [0.717, 1.165) is 31.2 Å². The van der Waals surface area contributed by atoms with E-state index in [1.54, 1.807) is 12.1 Å². The summed E-state index contributed by atoms with van der Waals surface area (Å²) in [4.78, 5) is 12.0. The SMILES string of the molecule is C[C@@](O)(CS(=O)(=O)c1ccc(F)cc1)C(=O)Nc1ccc(Cl)cc1. The van der Waals surface area contributed by atoms with Crippen LogP contribution in [-0.4, -0.2) is 30.8 Å². The number of nitrogens with one attached hydrogen (secondary N) is 1. The Morgan fingerprint density at radius 3 is 2.25 bits per heavy atom. The van der Waals surface area contributed by atoms with E-state index in [4.69, 9.17) is 11.6 Å². The highest BCUT2D eigenvalue weighted by Gasteiger charge is 2.36. The van der Waals surface area contributed by atoms with E-state index in [9.17, 15) is 22.7 Å². The van der Waals surface area contributed by atoms with E-state index in [2.05, 4.69) is 5.32 Å². The summed E-state index contributed by atoms with van der Waals surface area (Å²) < 4.78 is 37.5. The number of amides is 1. The van der Waals surface area contributed by atoms with Crippen LogP contribution in [0.25, 0.3) is 0 Å². The number of hydrogen-bond acceptors (Lipinski definition) is 4. The van der Waals surface area contributed by atoms with Gasteiger partial charge in [-0.1, -0.05) is 11.6 Å². The van der Waals surface area contributed by atoms with Gasteiger partial charge in [0.2, 0.25) is 0 Å². The predicted octanol–water partition coefficient (Wildman–Crippen LogP) is 2.64. The van der Waals surface area contributed by atoms with Crippen LogP contribution in [0.5, 0.6) is 0 Å². The topological polar surface area (TPSA) is 83.5 Å². The van der Waals surface area contributed by atoms with Gasteiger partial charge in [0, 0.05) is 10.7 Å². The number of aliphatic hydroxyl groups is 1. The fourth-order valence-electron chi connectivity index (χ4n) is 1.96. The van der Waals surface area contributed by atoms with E-state index in [0.29, 0.717) is 10.7 Å². The van der Waals surface area contributed by atoms with Gasteiger partial charge in [0.25, 0.3) is 5.91 Å². The second kappa shape index (κ2) is 6.88. The van der Waals surface area contributed by atoms with Gasteiger partial charge in [0.15, 0.2) is 15.4 Å². The van der Waals surface area contributed by atoms with Crippen LogP contribution >= 0.6 is 11.6 Å². The number of halogens is 2. The molecule has 1 amide bonds. The Morgan fingerprint density at radius 1 is 1.17 bits per heavy atom. The molecule has 1 atom stereocenters. The minimum atomic E-state index is -3.98. The zero-order valence-electron chi connectivity index (χ0n) is 12.7. The smallest absolute Gasteiger partial charge is 0.257 e. The summed E-state index contributed by atoms with van der Waals surface area (Å²) in [6.07, 6.45) is 0. The first kappa shape index (κ1) is 18.4. The maximum atomic E-state index is 12.9. The zero-order chi connectivity index (χ0) is 18.0. The fourth-order valence-corrected chi connectivity index (χ4v) is 3.67. The predicted molar refractivity (Wildman–Crippen MR) is 89.2 cm³/mol. The molecule has 0 saturated carbocycles. The van der Waals surface area contributed by atoms with Crippen LogP contribution in [-0.2, 0) is 14.6 Å². The van der Waals surface area contributed by atoms with Crippen LogP contribution in [0, 0.1) is 5.82 Å². The first-order valence-corrected chi connectivity index (χ1v) is 8.91. The molecular formula is C16H15ClFNO4S. The summed E-state index contributed by atoms with van der Waals surface area (Å²) >= 11 is 5.74. The van der Waals surface area contributed by atoms with Crippen molar-refractivity contribution in [3.63, 3.8) is 0 Å². The van der Waals surface area contributed by atoms with Gasteiger partial charge in [-0.2, -0.15) is 0 Å². The Bertz CT molecular complexity index is 833. The molecule has 0 heterocycles. The van der Waals surface area contributed by atoms with Crippen LogP contribution in [0.1, 0.15) is 6.92 Å². The van der Waals surface area contributed by atoms with Crippen LogP contribution in [0.3, 0.4) is 0 Å². The molecule has 8 heteroatoms. The quantitative estimate of drug-likeness (QED) is 0.791. The minimum absolute atomic E-state index is 0.177. The Balaban J connectivity index is 2.15. The third-order valence-electron chi connectivity index (χ3n) is 3.24. The van der Waals surface area contributed by atoms with Crippen molar-refractivity contribution in [2.24, 2.45) is 0 Å². The summed E-state index contributed by atoms with van der Waals surface area (Å²) in [6, 6.07) is 10.3. The van der Waals surface area contributed by atoms with E-state index in [1.807, 2.05) is 0 Å². The number of anilines is 1. The maximum absolute atomic E-state index is 12.9. The highest BCUT2D eigenvalue weighted by atomic mass is 35.5. The Hall–Kier alpha value is -1.96. The average Bonchev–Trinajstić information content (AvgIpc) is 2.49. The maximum Gasteiger partial charge on any atom is 0.257 e. The van der Waals surface area contributed by atoms with Gasteiger partial charge in [-0.15, -0.1) is 0 Å². The number of carbonyl (C=O) groups excluding carboxylic acids is 1. The number of hydrogen-bond donors (Lipinski definition) is 2. The lowest BCUT2D eigenvalue weighted by Gasteiger charge is -2.22. The van der Waals surface area contributed by atoms with Gasteiger partial charge in [-0.05, 0) is 55.5 Å². The molecule has 2 aromatic carbocycles. The van der Waals surface area contributed by atoms with E-state index < -0.39 is 32.9 Å². The highest BCUT2D eigenvalue weighted by Crippen LogP contribution is 2.20. The van der Waals surface area contributed by atoms with E-state index >= 15 is 0 Å². The van der Waals surface area contributed by atoms with Crippen molar-refractivity contribution in [1.82, 2.24) is 0 Å². The van der Waals surface area contributed by atoms with Crippen LogP contribution in [0.4, 0.5) is 10.1 Å². The Labute approximate surface area is 144 Å². The van der Waals surface area contributed by atoms with Crippen molar-refractivity contribution in [2.75, 3.05) is 11.1 Å². The number of carbonyl (C=O) groups is 1.